The van der Waals surface area contributed by atoms with Gasteiger partial charge in [0.25, 0.3) is 5.91 Å². The van der Waals surface area contributed by atoms with Gasteiger partial charge in [-0.3, -0.25) is 14.8 Å². The summed E-state index contributed by atoms with van der Waals surface area (Å²) in [5, 5.41) is 18.4. The number of amides is 1. The summed E-state index contributed by atoms with van der Waals surface area (Å²) in [6, 6.07) is 9.23. The van der Waals surface area contributed by atoms with E-state index in [9.17, 15) is 14.3 Å². The van der Waals surface area contributed by atoms with Crippen molar-refractivity contribution in [1.29, 1.82) is 0 Å². The number of phenols is 1. The minimum absolute atomic E-state index is 0.120. The molecule has 0 spiro atoms. The number of rotatable bonds is 6. The van der Waals surface area contributed by atoms with E-state index in [0.29, 0.717) is 55.6 Å². The minimum Gasteiger partial charge on any atom is -0.505 e. The zero-order valence-electron chi connectivity index (χ0n) is 27.1. The average Bonchev–Trinajstić information content (AvgIpc) is 3.52. The van der Waals surface area contributed by atoms with Crippen molar-refractivity contribution < 1.29 is 14.3 Å². The van der Waals surface area contributed by atoms with Gasteiger partial charge in [0.2, 0.25) is 0 Å². The molecule has 0 saturated carbocycles. The summed E-state index contributed by atoms with van der Waals surface area (Å²) in [6.45, 7) is 11.4. The molecule has 47 heavy (non-hydrogen) atoms. The monoisotopic (exact) mass is 637 g/mol. The second-order valence-corrected chi connectivity index (χ2v) is 12.7. The first-order chi connectivity index (χ1) is 22.8. The van der Waals surface area contributed by atoms with Crippen molar-refractivity contribution in [2.24, 2.45) is 0 Å². The maximum absolute atomic E-state index is 14.2. The number of phenolic OH excluding ortho intramolecular Hbond substituents is 1. The smallest absolute Gasteiger partial charge is 0.274 e. The SMILES string of the molecule is CCc1cc(O)c(F)cc1-c1ccc2c(-c3nc4c([nH]3)CCN(C(=O)c3cnc(N5CCCN(C(C)C)CC5)cn3)CC4)n[nH]c2c1. The topological polar surface area (TPSA) is 130 Å². The Labute approximate surface area is 272 Å². The number of H-pyrrole nitrogens is 2. The third-order valence-electron chi connectivity index (χ3n) is 9.50. The summed E-state index contributed by atoms with van der Waals surface area (Å²) in [5.74, 6) is 0.379. The lowest BCUT2D eigenvalue weighted by Gasteiger charge is -2.25. The summed E-state index contributed by atoms with van der Waals surface area (Å²) >= 11 is 0. The van der Waals surface area contributed by atoms with Gasteiger partial charge in [0, 0.05) is 69.2 Å². The standard InChI is InChI=1S/C35H40FN9O2/c1-4-22-17-31(46)26(36)18-25(22)23-6-7-24-29(16-23)41-42-33(24)34-39-27-8-12-45(13-9-28(27)40-34)35(47)30-19-38-32(20-37-30)44-11-5-10-43(14-15-44)21(2)3/h6-7,16-21,46H,4-5,8-15H2,1-3H3,(H,39,40)(H,41,42). The lowest BCUT2D eigenvalue weighted by Crippen LogP contribution is -2.35. The molecule has 2 aromatic carbocycles. The fraction of sp³-hybridized carbons (Fsp3) is 0.400. The molecule has 0 unspecified atom stereocenters. The van der Waals surface area contributed by atoms with Gasteiger partial charge < -0.3 is 19.9 Å². The van der Waals surface area contributed by atoms with E-state index in [0.717, 1.165) is 77.4 Å². The van der Waals surface area contributed by atoms with Gasteiger partial charge in [0.1, 0.15) is 17.2 Å². The molecule has 0 radical (unpaired) electrons. The molecule has 11 nitrogen and oxygen atoms in total. The quantitative estimate of drug-likeness (QED) is 0.238. The molecule has 3 N–H and O–H groups in total. The van der Waals surface area contributed by atoms with E-state index < -0.39 is 5.82 Å². The Kier molecular flexibility index (Phi) is 8.35. The first-order valence-electron chi connectivity index (χ1n) is 16.5. The highest BCUT2D eigenvalue weighted by Gasteiger charge is 2.25. The Bertz CT molecular complexity index is 1890. The number of aromatic hydroxyl groups is 1. The predicted molar refractivity (Wildman–Crippen MR) is 179 cm³/mol. The summed E-state index contributed by atoms with van der Waals surface area (Å²) in [7, 11) is 0. The molecule has 1 fully saturated rings. The highest BCUT2D eigenvalue weighted by atomic mass is 19.1. The van der Waals surface area contributed by atoms with Gasteiger partial charge in [0.05, 0.1) is 23.6 Å². The van der Waals surface area contributed by atoms with Crippen LogP contribution in [0.25, 0.3) is 33.5 Å². The molecule has 244 valence electrons. The number of hydrogen-bond donors (Lipinski definition) is 3. The average molecular weight is 638 g/mol. The molecule has 1 amide bonds. The summed E-state index contributed by atoms with van der Waals surface area (Å²) in [4.78, 5) is 37.5. The van der Waals surface area contributed by atoms with Gasteiger partial charge in [0.15, 0.2) is 17.4 Å². The minimum atomic E-state index is -0.646. The first kappa shape index (κ1) is 30.8. The predicted octanol–water partition coefficient (Wildman–Crippen LogP) is 4.98. The Morgan fingerprint density at radius 1 is 1.02 bits per heavy atom. The van der Waals surface area contributed by atoms with Crippen molar-refractivity contribution in [3.05, 3.63) is 71.2 Å². The molecule has 5 aromatic rings. The third kappa shape index (κ3) is 6.05. The van der Waals surface area contributed by atoms with Gasteiger partial charge in [-0.15, -0.1) is 0 Å². The highest BCUT2D eigenvalue weighted by molar-refractivity contribution is 5.94. The number of aromatic amines is 2. The molecule has 0 bridgehead atoms. The zero-order chi connectivity index (χ0) is 32.7. The molecule has 1 saturated heterocycles. The number of nitrogens with zero attached hydrogens (tertiary/aromatic N) is 7. The Balaban J connectivity index is 1.03. The number of hydrogen-bond acceptors (Lipinski definition) is 8. The molecule has 7 rings (SSSR count). The number of aromatic nitrogens is 6. The van der Waals surface area contributed by atoms with Crippen molar-refractivity contribution in [2.75, 3.05) is 44.2 Å². The highest BCUT2D eigenvalue weighted by Crippen LogP contribution is 2.34. The van der Waals surface area contributed by atoms with Gasteiger partial charge in [-0.25, -0.2) is 19.3 Å². The van der Waals surface area contributed by atoms with Crippen LogP contribution in [0.3, 0.4) is 0 Å². The summed E-state index contributed by atoms with van der Waals surface area (Å²) < 4.78 is 14.2. The molecule has 2 aliphatic rings. The molecular formula is C35H40FN9O2. The number of carbonyl (C=O) groups excluding carboxylic acids is 1. The van der Waals surface area contributed by atoms with Gasteiger partial charge in [-0.2, -0.15) is 5.10 Å². The molecule has 0 aliphatic carbocycles. The number of benzene rings is 2. The van der Waals surface area contributed by atoms with Gasteiger partial charge in [-0.1, -0.05) is 13.0 Å². The van der Waals surface area contributed by atoms with E-state index in [1.165, 1.54) is 12.1 Å². The number of halogens is 1. The number of anilines is 1. The van der Waals surface area contributed by atoms with Gasteiger partial charge >= 0.3 is 0 Å². The largest absolute Gasteiger partial charge is 0.505 e. The number of fused-ring (bicyclic) bond motifs is 2. The van der Waals surface area contributed by atoms with E-state index in [2.05, 4.69) is 48.8 Å². The Morgan fingerprint density at radius 2 is 1.87 bits per heavy atom. The second-order valence-electron chi connectivity index (χ2n) is 12.7. The van der Waals surface area contributed by atoms with Crippen LogP contribution in [-0.2, 0) is 19.3 Å². The number of aryl methyl sites for hydroxylation is 1. The maximum Gasteiger partial charge on any atom is 0.274 e. The van der Waals surface area contributed by atoms with Crippen LogP contribution < -0.4 is 4.90 Å². The maximum atomic E-state index is 14.2. The van der Waals surface area contributed by atoms with Crippen LogP contribution in [0.4, 0.5) is 10.2 Å². The van der Waals surface area contributed by atoms with E-state index in [1.54, 1.807) is 12.4 Å². The van der Waals surface area contributed by atoms with Crippen molar-refractivity contribution in [1.82, 2.24) is 39.9 Å². The normalized spacial score (nSPS) is 16.0. The van der Waals surface area contributed by atoms with Crippen LogP contribution in [0.1, 0.15) is 54.6 Å². The number of imidazole rings is 1. The van der Waals surface area contributed by atoms with Crippen LogP contribution >= 0.6 is 0 Å². The van der Waals surface area contributed by atoms with Crippen LogP contribution in [0.2, 0.25) is 0 Å². The lowest BCUT2D eigenvalue weighted by atomic mass is 9.96. The number of nitrogens with one attached hydrogen (secondary N) is 2. The van der Waals surface area contributed by atoms with Crippen LogP contribution in [0.15, 0.2) is 42.7 Å². The fourth-order valence-electron chi connectivity index (χ4n) is 6.75. The summed E-state index contributed by atoms with van der Waals surface area (Å²) in [6.07, 6.45) is 6.32. The van der Waals surface area contributed by atoms with Crippen molar-refractivity contribution in [3.8, 4) is 28.4 Å². The third-order valence-corrected chi connectivity index (χ3v) is 9.50. The fourth-order valence-corrected chi connectivity index (χ4v) is 6.75. The Hall–Kier alpha value is -4.84. The second kappa shape index (κ2) is 12.7. The molecule has 3 aromatic heterocycles. The van der Waals surface area contributed by atoms with Crippen LogP contribution in [0, 0.1) is 5.82 Å². The van der Waals surface area contributed by atoms with Crippen LogP contribution in [0.5, 0.6) is 5.75 Å². The van der Waals surface area contributed by atoms with E-state index >= 15 is 0 Å². The molecule has 5 heterocycles. The summed E-state index contributed by atoms with van der Waals surface area (Å²) in [5.41, 5.74) is 6.22. The van der Waals surface area contributed by atoms with E-state index in [-0.39, 0.29) is 11.7 Å². The molecule has 12 heteroatoms. The molecular weight excluding hydrogens is 597 g/mol. The lowest BCUT2D eigenvalue weighted by molar-refractivity contribution is 0.0756. The van der Waals surface area contributed by atoms with Crippen molar-refractivity contribution in [2.45, 2.75) is 52.5 Å². The van der Waals surface area contributed by atoms with Crippen LogP contribution in [-0.4, -0.2) is 96.3 Å². The molecule has 0 atom stereocenters. The first-order valence-corrected chi connectivity index (χ1v) is 16.5. The van der Waals surface area contributed by atoms with Crippen molar-refractivity contribution in [3.63, 3.8) is 0 Å². The number of carbonyl (C=O) groups is 1. The van der Waals surface area contributed by atoms with E-state index in [1.807, 2.05) is 30.0 Å². The molecule has 2 aliphatic heterocycles. The zero-order valence-corrected chi connectivity index (χ0v) is 27.1. The van der Waals surface area contributed by atoms with E-state index in [4.69, 9.17) is 4.98 Å². The Morgan fingerprint density at radius 3 is 2.66 bits per heavy atom. The van der Waals surface area contributed by atoms with Crippen molar-refractivity contribution >= 4 is 22.6 Å². The van der Waals surface area contributed by atoms with Gasteiger partial charge in [-0.05, 0) is 67.6 Å².